The van der Waals surface area contributed by atoms with Crippen LogP contribution in [0.25, 0.3) is 0 Å². The van der Waals surface area contributed by atoms with Crippen LogP contribution >= 0.6 is 0 Å². The summed E-state index contributed by atoms with van der Waals surface area (Å²) in [6.45, 7) is 3.23. The average Bonchev–Trinajstić information content (AvgIpc) is 2.46. The zero-order chi connectivity index (χ0) is 15.0. The molecule has 0 fully saturated rings. The Morgan fingerprint density at radius 3 is 2.75 bits per heavy atom. The molecule has 1 rings (SSSR count). The van der Waals surface area contributed by atoms with Crippen molar-refractivity contribution in [3.8, 4) is 5.75 Å². The predicted molar refractivity (Wildman–Crippen MR) is 77.0 cm³/mol. The molecule has 0 spiro atoms. The van der Waals surface area contributed by atoms with E-state index in [0.717, 1.165) is 6.42 Å². The first kappa shape index (κ1) is 16.4. The van der Waals surface area contributed by atoms with E-state index in [1.165, 1.54) is 6.07 Å². The van der Waals surface area contributed by atoms with Gasteiger partial charge in [0.2, 0.25) is 5.91 Å². The first-order chi connectivity index (χ1) is 9.58. The van der Waals surface area contributed by atoms with E-state index in [9.17, 15) is 9.18 Å². The third kappa shape index (κ3) is 5.17. The van der Waals surface area contributed by atoms with Crippen LogP contribution in [0, 0.1) is 11.7 Å². The number of benzene rings is 1. The second-order valence-corrected chi connectivity index (χ2v) is 4.81. The monoisotopic (exact) mass is 282 g/mol. The number of carbonyl (C=O) groups excluding carboxylic acids is 1. The minimum Gasteiger partial charge on any atom is -0.489 e. The van der Waals surface area contributed by atoms with Gasteiger partial charge in [0, 0.05) is 13.5 Å². The standard InChI is InChI=1S/C15H23FN2O2/c1-3-12(11-17)10-15(19)18(2)8-9-20-14-7-5-4-6-13(14)16/h4-7,12H,3,8-11,17H2,1-2H3. The lowest BCUT2D eigenvalue weighted by Crippen LogP contribution is -2.33. The van der Waals surface area contributed by atoms with Crippen molar-refractivity contribution in [1.29, 1.82) is 0 Å². The van der Waals surface area contributed by atoms with Gasteiger partial charge in [-0.2, -0.15) is 0 Å². The Morgan fingerprint density at radius 1 is 1.45 bits per heavy atom. The number of nitrogens with two attached hydrogens (primary N) is 1. The molecule has 0 bridgehead atoms. The summed E-state index contributed by atoms with van der Waals surface area (Å²) in [5, 5.41) is 0. The van der Waals surface area contributed by atoms with E-state index in [4.69, 9.17) is 10.5 Å². The Morgan fingerprint density at radius 2 is 2.15 bits per heavy atom. The largest absolute Gasteiger partial charge is 0.489 e. The Balaban J connectivity index is 2.34. The highest BCUT2D eigenvalue weighted by atomic mass is 19.1. The normalized spacial score (nSPS) is 12.0. The van der Waals surface area contributed by atoms with Crippen molar-refractivity contribution >= 4 is 5.91 Å². The summed E-state index contributed by atoms with van der Waals surface area (Å²) in [5.41, 5.74) is 5.59. The number of rotatable bonds is 8. The second kappa shape index (κ2) is 8.53. The summed E-state index contributed by atoms with van der Waals surface area (Å²) in [4.78, 5) is 13.5. The summed E-state index contributed by atoms with van der Waals surface area (Å²) in [7, 11) is 1.72. The number of hydrogen-bond donors (Lipinski definition) is 1. The van der Waals surface area contributed by atoms with Crippen molar-refractivity contribution in [2.45, 2.75) is 19.8 Å². The van der Waals surface area contributed by atoms with Crippen LogP contribution in [-0.4, -0.2) is 37.6 Å². The van der Waals surface area contributed by atoms with Crippen LogP contribution in [0.3, 0.4) is 0 Å². The van der Waals surface area contributed by atoms with Crippen LogP contribution in [0.15, 0.2) is 24.3 Å². The van der Waals surface area contributed by atoms with E-state index in [1.807, 2.05) is 6.92 Å². The predicted octanol–water partition coefficient (Wildman–Crippen LogP) is 2.04. The molecule has 1 atom stereocenters. The van der Waals surface area contributed by atoms with E-state index in [2.05, 4.69) is 0 Å². The molecule has 0 heterocycles. The fourth-order valence-electron chi connectivity index (χ4n) is 1.78. The molecule has 0 aromatic heterocycles. The molecule has 1 unspecified atom stereocenters. The van der Waals surface area contributed by atoms with Gasteiger partial charge in [-0.3, -0.25) is 4.79 Å². The summed E-state index contributed by atoms with van der Waals surface area (Å²) in [6, 6.07) is 6.23. The summed E-state index contributed by atoms with van der Waals surface area (Å²) in [5.74, 6) is 0.0780. The van der Waals surface area contributed by atoms with E-state index in [-0.39, 0.29) is 24.2 Å². The number of amides is 1. The van der Waals surface area contributed by atoms with E-state index < -0.39 is 5.82 Å². The zero-order valence-corrected chi connectivity index (χ0v) is 12.1. The van der Waals surface area contributed by atoms with Crippen LogP contribution in [0.4, 0.5) is 4.39 Å². The number of nitrogens with zero attached hydrogens (tertiary/aromatic N) is 1. The van der Waals surface area contributed by atoms with Crippen molar-refractivity contribution in [3.05, 3.63) is 30.1 Å². The molecular weight excluding hydrogens is 259 g/mol. The van der Waals surface area contributed by atoms with Gasteiger partial charge in [0.25, 0.3) is 0 Å². The number of halogens is 1. The fraction of sp³-hybridized carbons (Fsp3) is 0.533. The maximum absolute atomic E-state index is 13.3. The molecule has 0 aliphatic heterocycles. The molecule has 0 aliphatic rings. The number of para-hydroxylation sites is 1. The van der Waals surface area contributed by atoms with Gasteiger partial charge in [0.15, 0.2) is 11.6 Å². The highest BCUT2D eigenvalue weighted by Gasteiger charge is 2.14. The van der Waals surface area contributed by atoms with Gasteiger partial charge >= 0.3 is 0 Å². The van der Waals surface area contributed by atoms with E-state index in [0.29, 0.717) is 19.5 Å². The molecule has 2 N–H and O–H groups in total. The Bertz CT molecular complexity index is 422. The van der Waals surface area contributed by atoms with Gasteiger partial charge in [-0.15, -0.1) is 0 Å². The van der Waals surface area contributed by atoms with Crippen LogP contribution in [0.2, 0.25) is 0 Å². The van der Waals surface area contributed by atoms with Gasteiger partial charge in [0.05, 0.1) is 6.54 Å². The molecule has 4 nitrogen and oxygen atoms in total. The Labute approximate surface area is 119 Å². The third-order valence-corrected chi connectivity index (χ3v) is 3.32. The van der Waals surface area contributed by atoms with Crippen LogP contribution < -0.4 is 10.5 Å². The van der Waals surface area contributed by atoms with Gasteiger partial charge in [0.1, 0.15) is 6.61 Å². The van der Waals surface area contributed by atoms with Gasteiger partial charge in [-0.25, -0.2) is 4.39 Å². The molecular formula is C15H23FN2O2. The Hall–Kier alpha value is -1.62. The summed E-state index contributed by atoms with van der Waals surface area (Å²) < 4.78 is 18.6. The summed E-state index contributed by atoms with van der Waals surface area (Å²) >= 11 is 0. The van der Waals surface area contributed by atoms with Crippen LogP contribution in [-0.2, 0) is 4.79 Å². The minimum atomic E-state index is -0.393. The summed E-state index contributed by atoms with van der Waals surface area (Å²) in [6.07, 6.45) is 1.34. The van der Waals surface area contributed by atoms with Crippen LogP contribution in [0.1, 0.15) is 19.8 Å². The molecule has 0 radical (unpaired) electrons. The second-order valence-electron chi connectivity index (χ2n) is 4.81. The van der Waals surface area contributed by atoms with E-state index in [1.54, 1.807) is 30.1 Å². The lowest BCUT2D eigenvalue weighted by atomic mass is 10.0. The molecule has 1 aromatic rings. The SMILES string of the molecule is CCC(CN)CC(=O)N(C)CCOc1ccccc1F. The first-order valence-corrected chi connectivity index (χ1v) is 6.89. The highest BCUT2D eigenvalue weighted by Crippen LogP contribution is 2.15. The molecule has 0 aliphatic carbocycles. The fourth-order valence-corrected chi connectivity index (χ4v) is 1.78. The lowest BCUT2D eigenvalue weighted by molar-refractivity contribution is -0.131. The minimum absolute atomic E-state index is 0.0411. The maximum atomic E-state index is 13.3. The van der Waals surface area contributed by atoms with Crippen molar-refractivity contribution in [3.63, 3.8) is 0 Å². The molecule has 20 heavy (non-hydrogen) atoms. The van der Waals surface area contributed by atoms with Crippen molar-refractivity contribution in [2.75, 3.05) is 26.7 Å². The first-order valence-electron chi connectivity index (χ1n) is 6.89. The zero-order valence-electron chi connectivity index (χ0n) is 12.1. The molecule has 0 saturated heterocycles. The van der Waals surface area contributed by atoms with Gasteiger partial charge < -0.3 is 15.4 Å². The van der Waals surface area contributed by atoms with Crippen LogP contribution in [0.5, 0.6) is 5.75 Å². The molecule has 0 saturated carbocycles. The molecule has 1 aromatic carbocycles. The Kier molecular flexibility index (Phi) is 7.01. The van der Waals surface area contributed by atoms with E-state index >= 15 is 0 Å². The van der Waals surface area contributed by atoms with Crippen molar-refractivity contribution < 1.29 is 13.9 Å². The lowest BCUT2D eigenvalue weighted by Gasteiger charge is -2.20. The third-order valence-electron chi connectivity index (χ3n) is 3.32. The maximum Gasteiger partial charge on any atom is 0.222 e. The van der Waals surface area contributed by atoms with Crippen molar-refractivity contribution in [2.24, 2.45) is 11.7 Å². The number of carbonyl (C=O) groups is 1. The number of ether oxygens (including phenoxy) is 1. The molecule has 1 amide bonds. The smallest absolute Gasteiger partial charge is 0.222 e. The molecule has 112 valence electrons. The number of hydrogen-bond acceptors (Lipinski definition) is 3. The average molecular weight is 282 g/mol. The topological polar surface area (TPSA) is 55.6 Å². The van der Waals surface area contributed by atoms with Gasteiger partial charge in [-0.05, 0) is 24.6 Å². The van der Waals surface area contributed by atoms with Gasteiger partial charge in [-0.1, -0.05) is 25.5 Å². The highest BCUT2D eigenvalue weighted by molar-refractivity contribution is 5.76. The quantitative estimate of drug-likeness (QED) is 0.794. The number of likely N-dealkylation sites (N-methyl/N-ethyl adjacent to an activating group) is 1. The molecule has 5 heteroatoms. The van der Waals surface area contributed by atoms with Crippen molar-refractivity contribution in [1.82, 2.24) is 4.90 Å².